The van der Waals surface area contributed by atoms with Crippen molar-refractivity contribution in [1.29, 1.82) is 0 Å². The average molecular weight is 284 g/mol. The summed E-state index contributed by atoms with van der Waals surface area (Å²) in [7, 11) is 0. The number of ether oxygens (including phenoxy) is 1. The van der Waals surface area contributed by atoms with E-state index in [9.17, 15) is 0 Å². The molecule has 0 saturated carbocycles. The second kappa shape index (κ2) is 7.23. The Morgan fingerprint density at radius 1 is 1.10 bits per heavy atom. The molecule has 0 aliphatic heterocycles. The number of aromatic nitrogens is 1. The number of nitrogens with zero attached hydrogens (tertiary/aromatic N) is 1. The summed E-state index contributed by atoms with van der Waals surface area (Å²) in [5.74, 6) is 1.69. The number of hydrogen-bond acceptors (Lipinski definition) is 3. The van der Waals surface area contributed by atoms with Crippen LogP contribution in [0.15, 0.2) is 36.4 Å². The van der Waals surface area contributed by atoms with Crippen LogP contribution in [0, 0.1) is 6.92 Å². The zero-order valence-electron chi connectivity index (χ0n) is 13.3. The first-order valence-corrected chi connectivity index (χ1v) is 7.55. The fourth-order valence-electron chi connectivity index (χ4n) is 2.07. The van der Waals surface area contributed by atoms with E-state index < -0.39 is 0 Å². The second-order valence-electron chi connectivity index (χ2n) is 5.53. The van der Waals surface area contributed by atoms with Crippen LogP contribution in [-0.4, -0.2) is 11.0 Å². The van der Waals surface area contributed by atoms with Gasteiger partial charge in [0.05, 0.1) is 5.69 Å². The largest absolute Gasteiger partial charge is 0.455 e. The zero-order valence-corrected chi connectivity index (χ0v) is 13.3. The third-order valence-corrected chi connectivity index (χ3v) is 3.27. The quantitative estimate of drug-likeness (QED) is 0.861. The van der Waals surface area contributed by atoms with Gasteiger partial charge in [-0.2, -0.15) is 0 Å². The molecule has 0 radical (unpaired) electrons. The first-order valence-electron chi connectivity index (χ1n) is 7.55. The molecular formula is C18H24N2O. The molecule has 1 aromatic heterocycles. The molecule has 0 unspecified atom stereocenters. The van der Waals surface area contributed by atoms with E-state index in [1.807, 2.05) is 31.2 Å². The van der Waals surface area contributed by atoms with Crippen molar-refractivity contribution in [3.05, 3.63) is 53.3 Å². The normalized spacial score (nSPS) is 10.9. The monoisotopic (exact) mass is 284 g/mol. The van der Waals surface area contributed by atoms with Crippen LogP contribution >= 0.6 is 0 Å². The molecule has 21 heavy (non-hydrogen) atoms. The lowest BCUT2D eigenvalue weighted by Crippen LogP contribution is -2.21. The van der Waals surface area contributed by atoms with Crippen LogP contribution in [-0.2, 0) is 13.0 Å². The van der Waals surface area contributed by atoms with Crippen LogP contribution < -0.4 is 10.1 Å². The maximum atomic E-state index is 5.95. The Hall–Kier alpha value is -1.87. The molecule has 0 amide bonds. The van der Waals surface area contributed by atoms with E-state index in [0.29, 0.717) is 6.04 Å². The summed E-state index contributed by atoms with van der Waals surface area (Å²) in [5, 5.41) is 3.40. The van der Waals surface area contributed by atoms with Crippen LogP contribution in [0.2, 0.25) is 0 Å². The highest BCUT2D eigenvalue weighted by Crippen LogP contribution is 2.25. The number of hydrogen-bond donors (Lipinski definition) is 1. The molecule has 0 saturated heterocycles. The highest BCUT2D eigenvalue weighted by molar-refractivity contribution is 5.36. The Kier molecular flexibility index (Phi) is 5.34. The van der Waals surface area contributed by atoms with Crippen molar-refractivity contribution in [3.8, 4) is 11.5 Å². The minimum Gasteiger partial charge on any atom is -0.455 e. The molecule has 1 N–H and O–H groups in total. The van der Waals surface area contributed by atoms with Crippen LogP contribution in [0.3, 0.4) is 0 Å². The molecule has 0 bridgehead atoms. The molecule has 1 aromatic carbocycles. The SMILES string of the molecule is CCc1nc(C)ccc1Oc1ccc(CNC(C)C)cc1. The summed E-state index contributed by atoms with van der Waals surface area (Å²) in [6, 6.07) is 12.7. The smallest absolute Gasteiger partial charge is 0.148 e. The first kappa shape index (κ1) is 15.5. The van der Waals surface area contributed by atoms with Crippen LogP contribution in [0.25, 0.3) is 0 Å². The predicted octanol–water partition coefficient (Wildman–Crippen LogP) is 4.24. The summed E-state index contributed by atoms with van der Waals surface area (Å²) in [6.07, 6.45) is 0.868. The first-order chi connectivity index (χ1) is 10.1. The Morgan fingerprint density at radius 3 is 2.43 bits per heavy atom. The average Bonchev–Trinajstić information content (AvgIpc) is 2.48. The van der Waals surface area contributed by atoms with Gasteiger partial charge in [-0.25, -0.2) is 0 Å². The molecule has 0 spiro atoms. The van der Waals surface area contributed by atoms with Crippen LogP contribution in [0.1, 0.15) is 37.7 Å². The van der Waals surface area contributed by atoms with E-state index in [2.05, 4.69) is 43.2 Å². The van der Waals surface area contributed by atoms with Gasteiger partial charge in [0.2, 0.25) is 0 Å². The zero-order chi connectivity index (χ0) is 15.2. The lowest BCUT2D eigenvalue weighted by atomic mass is 10.2. The minimum absolute atomic E-state index is 0.492. The predicted molar refractivity (Wildman–Crippen MR) is 86.8 cm³/mol. The summed E-state index contributed by atoms with van der Waals surface area (Å²) < 4.78 is 5.95. The molecule has 2 aromatic rings. The van der Waals surface area contributed by atoms with E-state index in [4.69, 9.17) is 4.74 Å². The third kappa shape index (κ3) is 4.57. The molecule has 0 fully saturated rings. The van der Waals surface area contributed by atoms with Gasteiger partial charge in [0.25, 0.3) is 0 Å². The number of rotatable bonds is 6. The minimum atomic E-state index is 0.492. The van der Waals surface area contributed by atoms with Crippen molar-refractivity contribution >= 4 is 0 Å². The fraction of sp³-hybridized carbons (Fsp3) is 0.389. The van der Waals surface area contributed by atoms with Gasteiger partial charge >= 0.3 is 0 Å². The molecule has 0 aliphatic rings. The van der Waals surface area contributed by atoms with Crippen molar-refractivity contribution in [2.45, 2.75) is 46.7 Å². The molecule has 2 rings (SSSR count). The fourth-order valence-corrected chi connectivity index (χ4v) is 2.07. The maximum Gasteiger partial charge on any atom is 0.148 e. The van der Waals surface area contributed by atoms with Gasteiger partial charge in [-0.3, -0.25) is 4.98 Å². The summed E-state index contributed by atoms with van der Waals surface area (Å²) in [5.41, 5.74) is 3.28. The lowest BCUT2D eigenvalue weighted by Gasteiger charge is -2.11. The topological polar surface area (TPSA) is 34.1 Å². The van der Waals surface area contributed by atoms with Crippen molar-refractivity contribution in [2.75, 3.05) is 0 Å². The molecule has 3 nitrogen and oxygen atoms in total. The summed E-state index contributed by atoms with van der Waals surface area (Å²) in [6.45, 7) is 9.27. The molecule has 3 heteroatoms. The Morgan fingerprint density at radius 2 is 1.81 bits per heavy atom. The van der Waals surface area contributed by atoms with Crippen molar-refractivity contribution in [2.24, 2.45) is 0 Å². The second-order valence-corrected chi connectivity index (χ2v) is 5.53. The van der Waals surface area contributed by atoms with Gasteiger partial charge in [-0.05, 0) is 43.2 Å². The Labute approximate surface area is 127 Å². The van der Waals surface area contributed by atoms with Gasteiger partial charge in [0.1, 0.15) is 11.5 Å². The van der Waals surface area contributed by atoms with Gasteiger partial charge < -0.3 is 10.1 Å². The van der Waals surface area contributed by atoms with Gasteiger partial charge in [-0.15, -0.1) is 0 Å². The van der Waals surface area contributed by atoms with E-state index in [-0.39, 0.29) is 0 Å². The lowest BCUT2D eigenvalue weighted by molar-refractivity contribution is 0.472. The van der Waals surface area contributed by atoms with E-state index in [1.165, 1.54) is 5.56 Å². The van der Waals surface area contributed by atoms with Gasteiger partial charge in [0, 0.05) is 18.3 Å². The van der Waals surface area contributed by atoms with E-state index in [1.54, 1.807) is 0 Å². The maximum absolute atomic E-state index is 5.95. The molecule has 0 aliphatic carbocycles. The van der Waals surface area contributed by atoms with Crippen molar-refractivity contribution in [1.82, 2.24) is 10.3 Å². The molecule has 1 heterocycles. The van der Waals surface area contributed by atoms with E-state index in [0.717, 1.165) is 35.9 Å². The number of aryl methyl sites for hydroxylation is 2. The van der Waals surface area contributed by atoms with E-state index >= 15 is 0 Å². The molecule has 0 atom stereocenters. The highest BCUT2D eigenvalue weighted by Gasteiger charge is 2.05. The standard InChI is InChI=1S/C18H24N2O/c1-5-17-18(11-6-14(4)20-17)21-16-9-7-15(8-10-16)12-19-13(2)3/h6-11,13,19H,5,12H2,1-4H3. The highest BCUT2D eigenvalue weighted by atomic mass is 16.5. The van der Waals surface area contributed by atoms with Crippen molar-refractivity contribution < 1.29 is 4.74 Å². The Bertz CT molecular complexity index is 576. The van der Waals surface area contributed by atoms with Gasteiger partial charge in [-0.1, -0.05) is 32.9 Å². The third-order valence-electron chi connectivity index (χ3n) is 3.27. The Balaban J connectivity index is 2.06. The molecule has 112 valence electrons. The summed E-state index contributed by atoms with van der Waals surface area (Å²) in [4.78, 5) is 4.52. The number of pyridine rings is 1. The molecular weight excluding hydrogens is 260 g/mol. The van der Waals surface area contributed by atoms with Crippen molar-refractivity contribution in [3.63, 3.8) is 0 Å². The van der Waals surface area contributed by atoms with Crippen LogP contribution in [0.4, 0.5) is 0 Å². The summed E-state index contributed by atoms with van der Waals surface area (Å²) >= 11 is 0. The number of nitrogens with one attached hydrogen (secondary N) is 1. The van der Waals surface area contributed by atoms with Crippen LogP contribution in [0.5, 0.6) is 11.5 Å². The van der Waals surface area contributed by atoms with Gasteiger partial charge in [0.15, 0.2) is 0 Å². The number of benzene rings is 1.